The maximum atomic E-state index is 12.8. The van der Waals surface area contributed by atoms with E-state index in [2.05, 4.69) is 5.32 Å². The molecule has 1 N–H and O–H groups in total. The van der Waals surface area contributed by atoms with Crippen LogP contribution in [0.3, 0.4) is 0 Å². The minimum Gasteiger partial charge on any atom is -0.489 e. The fourth-order valence-electron chi connectivity index (χ4n) is 2.71. The number of carbonyl (C=O) groups excluding carboxylic acids is 1. The van der Waals surface area contributed by atoms with Crippen molar-refractivity contribution in [2.75, 3.05) is 18.4 Å². The van der Waals surface area contributed by atoms with Gasteiger partial charge >= 0.3 is 0 Å². The van der Waals surface area contributed by atoms with Gasteiger partial charge in [-0.1, -0.05) is 13.8 Å². The highest BCUT2D eigenvalue weighted by Crippen LogP contribution is 2.30. The quantitative estimate of drug-likeness (QED) is 0.618. The molecule has 2 aromatic rings. The molecule has 8 heteroatoms. The molecule has 0 aliphatic rings. The number of benzene rings is 1. The monoisotopic (exact) mass is 420 g/mol. The molecule has 0 aliphatic heterocycles. The van der Waals surface area contributed by atoms with Gasteiger partial charge in [0.1, 0.15) is 17.3 Å². The van der Waals surface area contributed by atoms with Crippen LogP contribution >= 0.6 is 0 Å². The summed E-state index contributed by atoms with van der Waals surface area (Å²) in [5.74, 6) is 1.26. The SMILES string of the molecule is CCN(CC)S(=O)(=O)c1ccc(OC(C)C)c(NC(=O)/C=C/c2ccc(C)o2)c1. The van der Waals surface area contributed by atoms with Crippen molar-refractivity contribution in [2.24, 2.45) is 0 Å². The molecule has 0 bridgehead atoms. The van der Waals surface area contributed by atoms with Crippen LogP contribution in [-0.2, 0) is 14.8 Å². The van der Waals surface area contributed by atoms with Gasteiger partial charge in [0.15, 0.2) is 0 Å². The number of carbonyl (C=O) groups is 1. The van der Waals surface area contributed by atoms with E-state index < -0.39 is 15.9 Å². The summed E-state index contributed by atoms with van der Waals surface area (Å²) in [5.41, 5.74) is 0.289. The van der Waals surface area contributed by atoms with E-state index >= 15 is 0 Å². The molecule has 1 aromatic carbocycles. The van der Waals surface area contributed by atoms with Gasteiger partial charge in [0.2, 0.25) is 15.9 Å². The summed E-state index contributed by atoms with van der Waals surface area (Å²) in [6.07, 6.45) is 2.72. The molecule has 1 heterocycles. The van der Waals surface area contributed by atoms with E-state index in [1.165, 1.54) is 22.5 Å². The van der Waals surface area contributed by atoms with Gasteiger partial charge in [-0.15, -0.1) is 0 Å². The van der Waals surface area contributed by atoms with Gasteiger partial charge in [0.05, 0.1) is 16.7 Å². The number of nitrogens with zero attached hydrogens (tertiary/aromatic N) is 1. The summed E-state index contributed by atoms with van der Waals surface area (Å²) >= 11 is 0. The normalized spacial score (nSPS) is 12.1. The van der Waals surface area contributed by atoms with Crippen LogP contribution < -0.4 is 10.1 Å². The number of rotatable bonds is 9. The second-order valence-electron chi connectivity index (χ2n) is 6.68. The second kappa shape index (κ2) is 9.76. The molecule has 0 saturated carbocycles. The van der Waals surface area contributed by atoms with Crippen molar-refractivity contribution in [2.45, 2.75) is 45.6 Å². The summed E-state index contributed by atoms with van der Waals surface area (Å²) in [4.78, 5) is 12.5. The molecule has 7 nitrogen and oxygen atoms in total. The third-order valence-electron chi connectivity index (χ3n) is 4.07. The summed E-state index contributed by atoms with van der Waals surface area (Å²) in [6.45, 7) is 9.79. The lowest BCUT2D eigenvalue weighted by atomic mass is 10.2. The lowest BCUT2D eigenvalue weighted by Crippen LogP contribution is -2.30. The highest BCUT2D eigenvalue weighted by atomic mass is 32.2. The first-order valence-electron chi connectivity index (χ1n) is 9.53. The van der Waals surface area contributed by atoms with Crippen molar-refractivity contribution in [1.82, 2.24) is 4.31 Å². The van der Waals surface area contributed by atoms with Gasteiger partial charge in [0.25, 0.3) is 0 Å². The average Bonchev–Trinajstić information content (AvgIpc) is 3.07. The summed E-state index contributed by atoms with van der Waals surface area (Å²) in [5, 5.41) is 2.71. The number of sulfonamides is 1. The molecule has 0 radical (unpaired) electrons. The molecular weight excluding hydrogens is 392 g/mol. The highest BCUT2D eigenvalue weighted by molar-refractivity contribution is 7.89. The van der Waals surface area contributed by atoms with Crippen LogP contribution in [0.2, 0.25) is 0 Å². The van der Waals surface area contributed by atoms with E-state index in [1.807, 2.05) is 20.8 Å². The Kier molecular flexibility index (Phi) is 7.64. The van der Waals surface area contributed by atoms with Crippen LogP contribution in [0.25, 0.3) is 6.08 Å². The maximum Gasteiger partial charge on any atom is 0.248 e. The molecule has 1 aromatic heterocycles. The van der Waals surface area contributed by atoms with Gasteiger partial charge in [-0.2, -0.15) is 4.31 Å². The van der Waals surface area contributed by atoms with Gasteiger partial charge in [-0.25, -0.2) is 8.42 Å². The molecule has 1 amide bonds. The third-order valence-corrected chi connectivity index (χ3v) is 6.12. The Labute approximate surface area is 172 Å². The number of amides is 1. The standard InChI is InChI=1S/C21H28N2O5S/c1-6-23(7-2)29(25,26)18-11-12-20(27-15(3)4)19(14-18)22-21(24)13-10-17-9-8-16(5)28-17/h8-15H,6-7H2,1-5H3,(H,22,24)/b13-10+. The average molecular weight is 421 g/mol. The predicted molar refractivity (Wildman–Crippen MR) is 113 cm³/mol. The topological polar surface area (TPSA) is 88.9 Å². The number of anilines is 1. The number of nitrogens with one attached hydrogen (secondary N) is 1. The van der Waals surface area contributed by atoms with E-state index in [4.69, 9.17) is 9.15 Å². The fraction of sp³-hybridized carbons (Fsp3) is 0.381. The zero-order valence-corrected chi connectivity index (χ0v) is 18.2. The molecular formula is C21H28N2O5S. The first kappa shape index (κ1) is 22.7. The Balaban J connectivity index is 2.33. The van der Waals surface area contributed by atoms with Gasteiger partial charge in [-0.3, -0.25) is 4.79 Å². The minimum atomic E-state index is -3.66. The highest BCUT2D eigenvalue weighted by Gasteiger charge is 2.23. The molecule has 2 rings (SSSR count). The number of hydrogen-bond acceptors (Lipinski definition) is 5. The van der Waals surface area contributed by atoms with E-state index in [-0.39, 0.29) is 16.7 Å². The van der Waals surface area contributed by atoms with Crippen LogP contribution in [0.1, 0.15) is 39.2 Å². The number of ether oxygens (including phenoxy) is 1. The number of furan rings is 1. The van der Waals surface area contributed by atoms with Gasteiger partial charge < -0.3 is 14.5 Å². The Morgan fingerprint density at radius 2 is 1.90 bits per heavy atom. The van der Waals surface area contributed by atoms with Crippen molar-refractivity contribution >= 4 is 27.7 Å². The summed E-state index contributed by atoms with van der Waals surface area (Å²) < 4.78 is 38.1. The van der Waals surface area contributed by atoms with Crippen molar-refractivity contribution in [3.63, 3.8) is 0 Å². The van der Waals surface area contributed by atoms with E-state index in [9.17, 15) is 13.2 Å². The smallest absolute Gasteiger partial charge is 0.248 e. The zero-order chi connectivity index (χ0) is 21.6. The second-order valence-corrected chi connectivity index (χ2v) is 8.62. The van der Waals surface area contributed by atoms with Crippen LogP contribution in [0.5, 0.6) is 5.75 Å². The molecule has 0 fully saturated rings. The minimum absolute atomic E-state index is 0.0956. The van der Waals surface area contributed by atoms with Gasteiger partial charge in [-0.05, 0) is 57.2 Å². The Hall–Kier alpha value is -2.58. The molecule has 0 atom stereocenters. The Morgan fingerprint density at radius 3 is 2.45 bits per heavy atom. The first-order valence-corrected chi connectivity index (χ1v) is 11.0. The molecule has 0 unspecified atom stereocenters. The zero-order valence-electron chi connectivity index (χ0n) is 17.4. The van der Waals surface area contributed by atoms with Crippen molar-refractivity contribution in [1.29, 1.82) is 0 Å². The molecule has 158 valence electrons. The van der Waals surface area contributed by atoms with Crippen LogP contribution in [0, 0.1) is 6.92 Å². The largest absolute Gasteiger partial charge is 0.489 e. The number of hydrogen-bond donors (Lipinski definition) is 1. The van der Waals surface area contributed by atoms with Gasteiger partial charge in [0, 0.05) is 19.2 Å². The molecule has 0 saturated heterocycles. The summed E-state index contributed by atoms with van der Waals surface area (Å²) in [7, 11) is -3.66. The first-order chi connectivity index (χ1) is 13.7. The van der Waals surface area contributed by atoms with Crippen molar-refractivity contribution < 1.29 is 22.4 Å². The maximum absolute atomic E-state index is 12.8. The van der Waals surface area contributed by atoms with Crippen LogP contribution in [0.4, 0.5) is 5.69 Å². The van der Waals surface area contributed by atoms with Crippen LogP contribution in [-0.4, -0.2) is 37.8 Å². The Bertz CT molecular complexity index is 973. The molecule has 29 heavy (non-hydrogen) atoms. The van der Waals surface area contributed by atoms with Crippen LogP contribution in [0.15, 0.2) is 45.7 Å². The molecule has 0 aliphatic carbocycles. The van der Waals surface area contributed by atoms with E-state index in [0.717, 1.165) is 5.76 Å². The van der Waals surface area contributed by atoms with E-state index in [0.29, 0.717) is 24.6 Å². The molecule has 0 spiro atoms. The summed E-state index contributed by atoms with van der Waals surface area (Å²) in [6, 6.07) is 8.03. The Morgan fingerprint density at radius 1 is 1.21 bits per heavy atom. The van der Waals surface area contributed by atoms with Crippen molar-refractivity contribution in [3.05, 3.63) is 47.9 Å². The number of aryl methyl sites for hydroxylation is 1. The van der Waals surface area contributed by atoms with E-state index in [1.54, 1.807) is 38.1 Å². The fourth-order valence-corrected chi connectivity index (χ4v) is 4.20. The lowest BCUT2D eigenvalue weighted by Gasteiger charge is -2.20. The predicted octanol–water partition coefficient (Wildman–Crippen LogP) is 4.06. The lowest BCUT2D eigenvalue weighted by molar-refractivity contribution is -0.111. The van der Waals surface area contributed by atoms with Crippen molar-refractivity contribution in [3.8, 4) is 5.75 Å². The third kappa shape index (κ3) is 5.95.